The molecular weight excluding hydrogens is 306 g/mol. The fourth-order valence-electron chi connectivity index (χ4n) is 2.37. The molecular formula is C18H21N3O3. The summed E-state index contributed by atoms with van der Waals surface area (Å²) in [5, 5.41) is 9.41. The highest BCUT2D eigenvalue weighted by molar-refractivity contribution is 6.03. The van der Waals surface area contributed by atoms with Gasteiger partial charge in [0.15, 0.2) is 5.69 Å². The van der Waals surface area contributed by atoms with Crippen molar-refractivity contribution in [2.75, 3.05) is 10.6 Å². The molecule has 1 aromatic heterocycles. The Morgan fingerprint density at radius 2 is 1.79 bits per heavy atom. The first-order valence-corrected chi connectivity index (χ1v) is 8.19. The van der Waals surface area contributed by atoms with Crippen molar-refractivity contribution in [3.8, 4) is 0 Å². The monoisotopic (exact) mass is 327 g/mol. The molecule has 1 heterocycles. The van der Waals surface area contributed by atoms with E-state index >= 15 is 0 Å². The maximum atomic E-state index is 12.2. The van der Waals surface area contributed by atoms with E-state index in [0.717, 1.165) is 18.6 Å². The summed E-state index contributed by atoms with van der Waals surface area (Å²) in [6.07, 6.45) is 2.68. The summed E-state index contributed by atoms with van der Waals surface area (Å²) in [5.74, 6) is 1.20. The number of rotatable bonds is 6. The van der Waals surface area contributed by atoms with Crippen LogP contribution in [0.15, 0.2) is 34.9 Å². The van der Waals surface area contributed by atoms with Gasteiger partial charge in [0, 0.05) is 29.8 Å². The summed E-state index contributed by atoms with van der Waals surface area (Å²) in [5.41, 5.74) is 1.63. The summed E-state index contributed by atoms with van der Waals surface area (Å²) in [6.45, 7) is 3.99. The van der Waals surface area contributed by atoms with Crippen molar-refractivity contribution in [2.45, 2.75) is 39.0 Å². The second-order valence-corrected chi connectivity index (χ2v) is 6.57. The molecule has 24 heavy (non-hydrogen) atoms. The van der Waals surface area contributed by atoms with Crippen molar-refractivity contribution in [1.82, 2.24) is 5.16 Å². The number of carbonyl (C=O) groups excluding carboxylic acids is 2. The average molecular weight is 327 g/mol. The van der Waals surface area contributed by atoms with E-state index in [0.29, 0.717) is 29.6 Å². The highest BCUT2D eigenvalue weighted by Gasteiger charge is 2.28. The molecule has 0 aliphatic heterocycles. The van der Waals surface area contributed by atoms with Gasteiger partial charge < -0.3 is 15.2 Å². The Morgan fingerprint density at radius 1 is 1.17 bits per heavy atom. The van der Waals surface area contributed by atoms with Crippen LogP contribution in [0.25, 0.3) is 0 Å². The third kappa shape index (κ3) is 4.22. The van der Waals surface area contributed by atoms with Crippen LogP contribution in [0.5, 0.6) is 0 Å². The van der Waals surface area contributed by atoms with Gasteiger partial charge in [0.1, 0.15) is 5.76 Å². The molecule has 2 aromatic rings. The molecule has 0 bridgehead atoms. The van der Waals surface area contributed by atoms with Gasteiger partial charge in [0.25, 0.3) is 5.91 Å². The molecule has 1 aliphatic carbocycles. The van der Waals surface area contributed by atoms with Crippen molar-refractivity contribution in [2.24, 2.45) is 5.92 Å². The van der Waals surface area contributed by atoms with Crippen molar-refractivity contribution in [1.29, 1.82) is 0 Å². The maximum absolute atomic E-state index is 12.2. The summed E-state index contributed by atoms with van der Waals surface area (Å²) < 4.78 is 5.18. The SMILES string of the molecule is CC(C)CC(=O)Nc1ccc(NC(=O)c2cc(C3CC3)on2)cc1. The van der Waals surface area contributed by atoms with E-state index in [4.69, 9.17) is 4.52 Å². The van der Waals surface area contributed by atoms with E-state index in [2.05, 4.69) is 15.8 Å². The van der Waals surface area contributed by atoms with Crippen LogP contribution in [0.3, 0.4) is 0 Å². The Kier molecular flexibility index (Phi) is 4.64. The minimum Gasteiger partial charge on any atom is -0.360 e. The quantitative estimate of drug-likeness (QED) is 0.845. The summed E-state index contributed by atoms with van der Waals surface area (Å²) in [7, 11) is 0. The van der Waals surface area contributed by atoms with Crippen LogP contribution in [0, 0.1) is 5.92 Å². The van der Waals surface area contributed by atoms with Crippen LogP contribution in [0.4, 0.5) is 11.4 Å². The molecule has 1 saturated carbocycles. The molecule has 0 atom stereocenters. The lowest BCUT2D eigenvalue weighted by Gasteiger charge is -2.08. The first-order valence-electron chi connectivity index (χ1n) is 8.19. The van der Waals surface area contributed by atoms with E-state index in [-0.39, 0.29) is 17.5 Å². The largest absolute Gasteiger partial charge is 0.360 e. The molecule has 0 spiro atoms. The molecule has 6 nitrogen and oxygen atoms in total. The number of nitrogens with zero attached hydrogens (tertiary/aromatic N) is 1. The number of hydrogen-bond donors (Lipinski definition) is 2. The van der Waals surface area contributed by atoms with E-state index in [1.807, 2.05) is 13.8 Å². The van der Waals surface area contributed by atoms with Crippen LogP contribution in [-0.2, 0) is 4.79 Å². The molecule has 0 radical (unpaired) electrons. The average Bonchev–Trinajstić information content (AvgIpc) is 3.25. The third-order valence-electron chi connectivity index (χ3n) is 3.76. The molecule has 126 valence electrons. The van der Waals surface area contributed by atoms with Crippen LogP contribution < -0.4 is 10.6 Å². The van der Waals surface area contributed by atoms with Crippen LogP contribution in [0.1, 0.15) is 55.3 Å². The normalized spacial score (nSPS) is 13.8. The summed E-state index contributed by atoms with van der Waals surface area (Å²) in [4.78, 5) is 23.9. The van der Waals surface area contributed by atoms with Crippen LogP contribution >= 0.6 is 0 Å². The van der Waals surface area contributed by atoms with Crippen molar-refractivity contribution < 1.29 is 14.1 Å². The third-order valence-corrected chi connectivity index (χ3v) is 3.76. The molecule has 2 N–H and O–H groups in total. The Bertz CT molecular complexity index is 730. The smallest absolute Gasteiger partial charge is 0.277 e. The van der Waals surface area contributed by atoms with Gasteiger partial charge in [-0.25, -0.2) is 0 Å². The molecule has 0 saturated heterocycles. The van der Waals surface area contributed by atoms with Gasteiger partial charge in [-0.05, 0) is 43.0 Å². The van der Waals surface area contributed by atoms with Gasteiger partial charge in [-0.2, -0.15) is 0 Å². The Labute approximate surface area is 140 Å². The zero-order chi connectivity index (χ0) is 17.1. The Balaban J connectivity index is 1.56. The Hall–Kier alpha value is -2.63. The first kappa shape index (κ1) is 16.2. The van der Waals surface area contributed by atoms with Gasteiger partial charge in [-0.1, -0.05) is 19.0 Å². The number of anilines is 2. The zero-order valence-corrected chi connectivity index (χ0v) is 13.8. The highest BCUT2D eigenvalue weighted by atomic mass is 16.5. The number of aromatic nitrogens is 1. The number of carbonyl (C=O) groups is 2. The highest BCUT2D eigenvalue weighted by Crippen LogP contribution is 2.40. The fourth-order valence-corrected chi connectivity index (χ4v) is 2.37. The second-order valence-electron chi connectivity index (χ2n) is 6.57. The minimum absolute atomic E-state index is 0.0167. The summed E-state index contributed by atoms with van der Waals surface area (Å²) in [6, 6.07) is 8.70. The van der Waals surface area contributed by atoms with Gasteiger partial charge in [-0.3, -0.25) is 9.59 Å². The van der Waals surface area contributed by atoms with E-state index in [1.165, 1.54) is 0 Å². The fraction of sp³-hybridized carbons (Fsp3) is 0.389. The Morgan fingerprint density at radius 3 is 2.38 bits per heavy atom. The topological polar surface area (TPSA) is 84.2 Å². The van der Waals surface area contributed by atoms with Crippen molar-refractivity contribution in [3.05, 3.63) is 41.8 Å². The molecule has 1 aliphatic rings. The number of benzene rings is 1. The molecule has 1 aromatic carbocycles. The number of amides is 2. The standard InChI is InChI=1S/C18H21N3O3/c1-11(2)9-17(22)19-13-5-7-14(8-6-13)20-18(23)15-10-16(24-21-15)12-3-4-12/h5-8,10-12H,3-4,9H2,1-2H3,(H,19,22)(H,20,23). The predicted octanol–water partition coefficient (Wildman–Crippen LogP) is 3.79. The summed E-state index contributed by atoms with van der Waals surface area (Å²) >= 11 is 0. The van der Waals surface area contributed by atoms with E-state index in [9.17, 15) is 9.59 Å². The van der Waals surface area contributed by atoms with Crippen LogP contribution in [-0.4, -0.2) is 17.0 Å². The number of hydrogen-bond acceptors (Lipinski definition) is 4. The predicted molar refractivity (Wildman–Crippen MR) is 91.0 cm³/mol. The lowest BCUT2D eigenvalue weighted by molar-refractivity contribution is -0.116. The second kappa shape index (κ2) is 6.86. The van der Waals surface area contributed by atoms with Crippen molar-refractivity contribution >= 4 is 23.2 Å². The van der Waals surface area contributed by atoms with Gasteiger partial charge in [0.05, 0.1) is 0 Å². The van der Waals surface area contributed by atoms with Crippen LogP contribution in [0.2, 0.25) is 0 Å². The molecule has 1 fully saturated rings. The molecule has 2 amide bonds. The lowest BCUT2D eigenvalue weighted by atomic mass is 10.1. The van der Waals surface area contributed by atoms with Crippen molar-refractivity contribution in [3.63, 3.8) is 0 Å². The lowest BCUT2D eigenvalue weighted by Crippen LogP contribution is -2.14. The zero-order valence-electron chi connectivity index (χ0n) is 13.8. The van der Waals surface area contributed by atoms with E-state index in [1.54, 1.807) is 30.3 Å². The van der Waals surface area contributed by atoms with Gasteiger partial charge in [-0.15, -0.1) is 0 Å². The van der Waals surface area contributed by atoms with Gasteiger partial charge in [0.2, 0.25) is 5.91 Å². The first-order chi connectivity index (χ1) is 11.5. The van der Waals surface area contributed by atoms with Gasteiger partial charge >= 0.3 is 0 Å². The molecule has 0 unspecified atom stereocenters. The van der Waals surface area contributed by atoms with E-state index < -0.39 is 0 Å². The minimum atomic E-state index is -0.303. The molecule has 3 rings (SSSR count). The molecule has 6 heteroatoms. The number of nitrogens with one attached hydrogen (secondary N) is 2. The maximum Gasteiger partial charge on any atom is 0.277 e.